The fraction of sp³-hybridized carbons (Fsp3) is 0.207. The highest BCUT2D eigenvalue weighted by atomic mass is 32.2. The second-order valence-electron chi connectivity index (χ2n) is 9.29. The van der Waals surface area contributed by atoms with Crippen LogP contribution in [0.3, 0.4) is 0 Å². The molecule has 1 N–H and O–H groups in total. The highest BCUT2D eigenvalue weighted by molar-refractivity contribution is 7.90. The zero-order valence-corrected chi connectivity index (χ0v) is 22.0. The van der Waals surface area contributed by atoms with Crippen LogP contribution in [0.15, 0.2) is 89.8 Å². The van der Waals surface area contributed by atoms with Crippen LogP contribution in [0, 0.1) is 17.2 Å². The Morgan fingerprint density at radius 1 is 1.00 bits per heavy atom. The van der Waals surface area contributed by atoms with Crippen LogP contribution < -0.4 is 10.2 Å². The number of nitrogens with one attached hydrogen (secondary N) is 1. The molecular formula is C29H24F3N3O4S. The minimum atomic E-state index is -4.58. The molecule has 3 aromatic carbocycles. The third-order valence-corrected chi connectivity index (χ3v) is 8.12. The number of rotatable bonds is 7. The van der Waals surface area contributed by atoms with Gasteiger partial charge in [-0.2, -0.15) is 18.4 Å². The standard InChI is InChI=1S/C29H24F3N3O4S/c1-19-5-14-26(28(37)35(19)24-4-2-3-23(15-24)29(30,31)32)27(36)34-17-21-10-12-25(13-11-21)40(38,39)18-22-8-6-20(16-33)7-9-22/h2-15,19,26H,17-18H2,1H3,(H,34,36). The van der Waals surface area contributed by atoms with Gasteiger partial charge in [0, 0.05) is 12.2 Å². The zero-order chi connectivity index (χ0) is 29.1. The molecule has 40 heavy (non-hydrogen) atoms. The Labute approximate surface area is 229 Å². The molecule has 2 unspecified atom stereocenters. The van der Waals surface area contributed by atoms with Crippen LogP contribution in [0.1, 0.15) is 29.2 Å². The van der Waals surface area contributed by atoms with Crippen molar-refractivity contribution in [3.8, 4) is 6.07 Å². The summed E-state index contributed by atoms with van der Waals surface area (Å²) in [5.74, 6) is -2.78. The molecule has 1 aliphatic heterocycles. The minimum absolute atomic E-state index is 0.00547. The van der Waals surface area contributed by atoms with Crippen molar-refractivity contribution in [2.75, 3.05) is 4.90 Å². The predicted octanol–water partition coefficient (Wildman–Crippen LogP) is 4.77. The lowest BCUT2D eigenvalue weighted by Gasteiger charge is -2.33. The molecule has 0 saturated carbocycles. The summed E-state index contributed by atoms with van der Waals surface area (Å²) in [5.41, 5.74) is 0.682. The van der Waals surface area contributed by atoms with Crippen LogP contribution >= 0.6 is 0 Å². The highest BCUT2D eigenvalue weighted by Gasteiger charge is 2.36. The van der Waals surface area contributed by atoms with Crippen molar-refractivity contribution in [3.63, 3.8) is 0 Å². The van der Waals surface area contributed by atoms with Crippen molar-refractivity contribution in [1.82, 2.24) is 5.32 Å². The Kier molecular flexibility index (Phi) is 8.11. The van der Waals surface area contributed by atoms with Gasteiger partial charge in [-0.05, 0) is 60.5 Å². The molecule has 0 spiro atoms. The van der Waals surface area contributed by atoms with Crippen LogP contribution in [0.4, 0.5) is 18.9 Å². The fourth-order valence-corrected chi connectivity index (χ4v) is 5.63. The van der Waals surface area contributed by atoms with Gasteiger partial charge in [0.05, 0.1) is 33.9 Å². The van der Waals surface area contributed by atoms with Gasteiger partial charge in [0.1, 0.15) is 5.92 Å². The van der Waals surface area contributed by atoms with Crippen molar-refractivity contribution in [1.29, 1.82) is 5.26 Å². The third-order valence-electron chi connectivity index (χ3n) is 6.42. The smallest absolute Gasteiger partial charge is 0.351 e. The number of alkyl halides is 3. The molecule has 7 nitrogen and oxygen atoms in total. The quantitative estimate of drug-likeness (QED) is 0.327. The molecule has 0 radical (unpaired) electrons. The first-order valence-electron chi connectivity index (χ1n) is 12.2. The van der Waals surface area contributed by atoms with Gasteiger partial charge in [-0.3, -0.25) is 9.59 Å². The second-order valence-corrected chi connectivity index (χ2v) is 11.3. The van der Waals surface area contributed by atoms with Gasteiger partial charge in [-0.15, -0.1) is 0 Å². The molecule has 2 atom stereocenters. The van der Waals surface area contributed by atoms with Crippen molar-refractivity contribution >= 4 is 27.3 Å². The van der Waals surface area contributed by atoms with Crippen LogP contribution in [-0.4, -0.2) is 26.3 Å². The van der Waals surface area contributed by atoms with Crippen molar-refractivity contribution in [2.24, 2.45) is 5.92 Å². The number of amides is 2. The number of benzene rings is 3. The van der Waals surface area contributed by atoms with Crippen LogP contribution in [-0.2, 0) is 37.9 Å². The van der Waals surface area contributed by atoms with Crippen molar-refractivity contribution in [2.45, 2.75) is 36.3 Å². The summed E-state index contributed by atoms with van der Waals surface area (Å²) in [6.45, 7) is 1.64. The lowest BCUT2D eigenvalue weighted by molar-refractivity contribution is -0.138. The predicted molar refractivity (Wildman–Crippen MR) is 141 cm³/mol. The summed E-state index contributed by atoms with van der Waals surface area (Å²) in [4.78, 5) is 27.2. The number of hydrogen-bond donors (Lipinski definition) is 1. The molecule has 1 heterocycles. The molecule has 0 aliphatic carbocycles. The average molecular weight is 568 g/mol. The number of nitriles is 1. The zero-order valence-electron chi connectivity index (χ0n) is 21.2. The molecule has 0 bridgehead atoms. The summed E-state index contributed by atoms with van der Waals surface area (Å²) in [5, 5.41) is 11.5. The Balaban J connectivity index is 1.41. The summed E-state index contributed by atoms with van der Waals surface area (Å²) in [6, 6.07) is 18.0. The summed E-state index contributed by atoms with van der Waals surface area (Å²) >= 11 is 0. The van der Waals surface area contributed by atoms with Gasteiger partial charge in [-0.1, -0.05) is 42.5 Å². The van der Waals surface area contributed by atoms with E-state index in [2.05, 4.69) is 5.32 Å². The topological polar surface area (TPSA) is 107 Å². The number of halogens is 3. The summed E-state index contributed by atoms with van der Waals surface area (Å²) in [7, 11) is -3.66. The number of sulfone groups is 1. The lowest BCUT2D eigenvalue weighted by atomic mass is 9.98. The van der Waals surface area contributed by atoms with Gasteiger partial charge in [0.15, 0.2) is 9.84 Å². The molecular weight excluding hydrogens is 543 g/mol. The first-order chi connectivity index (χ1) is 18.9. The van der Waals surface area contributed by atoms with E-state index in [9.17, 15) is 31.2 Å². The Morgan fingerprint density at radius 2 is 1.65 bits per heavy atom. The van der Waals surface area contributed by atoms with Gasteiger partial charge in [0.2, 0.25) is 11.8 Å². The molecule has 0 fully saturated rings. The van der Waals surface area contributed by atoms with Crippen LogP contribution in [0.2, 0.25) is 0 Å². The molecule has 0 aromatic heterocycles. The lowest BCUT2D eigenvalue weighted by Crippen LogP contribution is -2.49. The van der Waals surface area contributed by atoms with E-state index in [1.165, 1.54) is 30.3 Å². The summed E-state index contributed by atoms with van der Waals surface area (Å²) in [6.07, 6.45) is -1.58. The number of anilines is 1. The maximum absolute atomic E-state index is 13.2. The maximum atomic E-state index is 13.2. The van der Waals surface area contributed by atoms with Gasteiger partial charge in [0.25, 0.3) is 0 Å². The SMILES string of the molecule is CC1C=CC(C(=O)NCc2ccc(S(=O)(=O)Cc3ccc(C#N)cc3)cc2)C(=O)N1c1cccc(C(F)(F)F)c1. The average Bonchev–Trinajstić information content (AvgIpc) is 2.92. The normalized spacial score (nSPS) is 17.4. The number of nitrogens with zero attached hydrogens (tertiary/aromatic N) is 2. The van der Waals surface area contributed by atoms with Crippen molar-refractivity contribution in [3.05, 3.63) is 107 Å². The molecule has 3 aromatic rings. The Hall–Kier alpha value is -4.43. The third kappa shape index (κ3) is 6.40. The summed E-state index contributed by atoms with van der Waals surface area (Å²) < 4.78 is 65.1. The minimum Gasteiger partial charge on any atom is -0.351 e. The largest absolute Gasteiger partial charge is 0.416 e. The number of hydrogen-bond acceptors (Lipinski definition) is 5. The van der Waals surface area contributed by atoms with Gasteiger partial charge in [-0.25, -0.2) is 8.42 Å². The second kappa shape index (κ2) is 11.4. The van der Waals surface area contributed by atoms with E-state index in [4.69, 9.17) is 5.26 Å². The molecule has 4 rings (SSSR count). The van der Waals surface area contributed by atoms with Crippen molar-refractivity contribution < 1.29 is 31.2 Å². The van der Waals surface area contributed by atoms with E-state index >= 15 is 0 Å². The van der Waals surface area contributed by atoms with Crippen LogP contribution in [0.25, 0.3) is 0 Å². The van der Waals surface area contributed by atoms with E-state index in [1.807, 2.05) is 6.07 Å². The monoisotopic (exact) mass is 567 g/mol. The van der Waals surface area contributed by atoms with E-state index in [-0.39, 0.29) is 22.9 Å². The van der Waals surface area contributed by atoms with Crippen LogP contribution in [0.5, 0.6) is 0 Å². The Bertz CT molecular complexity index is 1590. The fourth-order valence-electron chi connectivity index (χ4n) is 4.28. The molecule has 1 aliphatic rings. The van der Waals surface area contributed by atoms with Gasteiger partial charge >= 0.3 is 6.18 Å². The highest BCUT2D eigenvalue weighted by Crippen LogP contribution is 2.33. The van der Waals surface area contributed by atoms with E-state index in [1.54, 1.807) is 49.4 Å². The van der Waals surface area contributed by atoms with E-state index in [0.29, 0.717) is 16.7 Å². The maximum Gasteiger partial charge on any atom is 0.416 e. The molecule has 0 saturated heterocycles. The van der Waals surface area contributed by atoms with E-state index in [0.717, 1.165) is 17.0 Å². The number of carbonyl (C=O) groups excluding carboxylic acids is 2. The number of carbonyl (C=O) groups is 2. The molecule has 2 amide bonds. The Morgan fingerprint density at radius 3 is 2.27 bits per heavy atom. The molecule has 11 heteroatoms. The van der Waals surface area contributed by atoms with Gasteiger partial charge < -0.3 is 10.2 Å². The molecule has 206 valence electrons. The van der Waals surface area contributed by atoms with E-state index < -0.39 is 45.4 Å². The first kappa shape index (κ1) is 28.6. The first-order valence-corrected chi connectivity index (χ1v) is 13.8.